The van der Waals surface area contributed by atoms with Gasteiger partial charge in [-0.15, -0.1) is 0 Å². The van der Waals surface area contributed by atoms with Gasteiger partial charge in [0.05, 0.1) is 33.5 Å². The van der Waals surface area contributed by atoms with Crippen molar-refractivity contribution in [3.05, 3.63) is 17.7 Å². The Morgan fingerprint density at radius 3 is 2.19 bits per heavy atom. The van der Waals surface area contributed by atoms with Crippen molar-refractivity contribution in [2.24, 2.45) is 0 Å². The lowest BCUT2D eigenvalue weighted by Gasteiger charge is -2.21. The molecule has 0 amide bonds. The molecule has 3 unspecified atom stereocenters. The predicted octanol–water partition coefficient (Wildman–Crippen LogP) is 3.77. The van der Waals surface area contributed by atoms with Gasteiger partial charge in [0.1, 0.15) is 0 Å². The van der Waals surface area contributed by atoms with Crippen LogP contribution in [0, 0.1) is 0 Å². The van der Waals surface area contributed by atoms with Gasteiger partial charge in [-0.05, 0) is 31.2 Å². The average Bonchev–Trinajstić information content (AvgIpc) is 3.29. The summed E-state index contributed by atoms with van der Waals surface area (Å²) in [7, 11) is 4.95. The van der Waals surface area contributed by atoms with E-state index in [1.165, 1.54) is 5.56 Å². The van der Waals surface area contributed by atoms with Gasteiger partial charge in [-0.2, -0.15) is 0 Å². The second-order valence-corrected chi connectivity index (χ2v) is 5.39. The molecule has 0 aromatic heterocycles. The first-order chi connectivity index (χ1) is 10.2. The Bertz CT molecular complexity index is 472. The summed E-state index contributed by atoms with van der Waals surface area (Å²) < 4.78 is 22.1. The fourth-order valence-corrected chi connectivity index (χ4v) is 2.99. The number of benzene rings is 1. The molecule has 1 saturated heterocycles. The lowest BCUT2D eigenvalue weighted by molar-refractivity contribution is 0.317. The molecule has 4 heteroatoms. The Hall–Kier alpha value is -1.42. The molecule has 1 fully saturated rings. The van der Waals surface area contributed by atoms with Crippen molar-refractivity contribution in [1.29, 1.82) is 0 Å². The molecule has 0 saturated carbocycles. The number of methoxy groups -OCH3 is 3. The quantitative estimate of drug-likeness (QED) is 0.684. The second kappa shape index (κ2) is 7.03. The molecule has 0 spiro atoms. The van der Waals surface area contributed by atoms with E-state index in [1.807, 2.05) is 6.07 Å². The van der Waals surface area contributed by atoms with E-state index in [2.05, 4.69) is 19.9 Å². The zero-order chi connectivity index (χ0) is 15.4. The molecule has 0 N–H and O–H groups in total. The molecule has 2 rings (SSSR count). The maximum atomic E-state index is 5.70. The highest BCUT2D eigenvalue weighted by atomic mass is 16.6. The van der Waals surface area contributed by atoms with Crippen LogP contribution in [0.4, 0.5) is 0 Å². The van der Waals surface area contributed by atoms with E-state index >= 15 is 0 Å². The highest BCUT2D eigenvalue weighted by molar-refractivity contribution is 5.56. The number of ether oxygens (including phenoxy) is 4. The van der Waals surface area contributed by atoms with Crippen LogP contribution in [0.5, 0.6) is 17.2 Å². The van der Waals surface area contributed by atoms with Gasteiger partial charge in [-0.3, -0.25) is 0 Å². The predicted molar refractivity (Wildman–Crippen MR) is 82.7 cm³/mol. The van der Waals surface area contributed by atoms with E-state index in [9.17, 15) is 0 Å². The van der Waals surface area contributed by atoms with Gasteiger partial charge in [0, 0.05) is 5.56 Å². The van der Waals surface area contributed by atoms with Crippen LogP contribution >= 0.6 is 0 Å². The maximum Gasteiger partial charge on any atom is 0.203 e. The summed E-state index contributed by atoms with van der Waals surface area (Å²) in [5.74, 6) is 2.54. The van der Waals surface area contributed by atoms with Crippen molar-refractivity contribution < 1.29 is 18.9 Å². The van der Waals surface area contributed by atoms with E-state index in [1.54, 1.807) is 21.3 Å². The largest absolute Gasteiger partial charge is 0.493 e. The van der Waals surface area contributed by atoms with Crippen molar-refractivity contribution in [3.8, 4) is 17.2 Å². The number of hydrogen-bond donors (Lipinski definition) is 0. The van der Waals surface area contributed by atoms with Crippen LogP contribution in [0.15, 0.2) is 12.1 Å². The van der Waals surface area contributed by atoms with E-state index in [0.717, 1.165) is 25.0 Å². The average molecular weight is 294 g/mol. The Labute approximate surface area is 127 Å². The molecule has 1 aromatic carbocycles. The third-order valence-corrected chi connectivity index (χ3v) is 4.27. The van der Waals surface area contributed by atoms with Gasteiger partial charge < -0.3 is 18.9 Å². The standard InChI is InChI=1S/C17H26O4/c1-6-11(10-15-13(7-2)21-15)12-8-9-14(18-3)17(20-5)16(12)19-4/h8-9,11,13,15H,6-7,10H2,1-5H3. The van der Waals surface area contributed by atoms with E-state index in [-0.39, 0.29) is 0 Å². The number of hydrogen-bond acceptors (Lipinski definition) is 4. The summed E-state index contributed by atoms with van der Waals surface area (Å²) in [5, 5.41) is 0. The molecule has 4 nitrogen and oxygen atoms in total. The second-order valence-electron chi connectivity index (χ2n) is 5.39. The minimum absolute atomic E-state index is 0.387. The minimum atomic E-state index is 0.387. The van der Waals surface area contributed by atoms with E-state index in [4.69, 9.17) is 18.9 Å². The molecule has 21 heavy (non-hydrogen) atoms. The highest BCUT2D eigenvalue weighted by Crippen LogP contribution is 2.46. The van der Waals surface area contributed by atoms with Gasteiger partial charge >= 0.3 is 0 Å². The fourth-order valence-electron chi connectivity index (χ4n) is 2.99. The highest BCUT2D eigenvalue weighted by Gasteiger charge is 2.39. The van der Waals surface area contributed by atoms with Crippen LogP contribution in [0.2, 0.25) is 0 Å². The normalized spacial score (nSPS) is 21.8. The van der Waals surface area contributed by atoms with Gasteiger partial charge in [0.2, 0.25) is 5.75 Å². The third-order valence-electron chi connectivity index (χ3n) is 4.27. The zero-order valence-corrected chi connectivity index (χ0v) is 13.6. The van der Waals surface area contributed by atoms with Crippen molar-refractivity contribution in [3.63, 3.8) is 0 Å². The van der Waals surface area contributed by atoms with Crippen LogP contribution in [0.1, 0.15) is 44.6 Å². The van der Waals surface area contributed by atoms with Gasteiger partial charge in [-0.1, -0.05) is 19.9 Å². The van der Waals surface area contributed by atoms with Crippen LogP contribution in [-0.4, -0.2) is 33.5 Å². The van der Waals surface area contributed by atoms with Gasteiger partial charge in [0.15, 0.2) is 11.5 Å². The SMILES string of the molecule is CCC(CC1OC1CC)c1ccc(OC)c(OC)c1OC. The van der Waals surface area contributed by atoms with E-state index in [0.29, 0.717) is 29.6 Å². The summed E-state index contributed by atoms with van der Waals surface area (Å²) in [5.41, 5.74) is 1.17. The monoisotopic (exact) mass is 294 g/mol. The molecule has 118 valence electrons. The number of rotatable bonds is 8. The van der Waals surface area contributed by atoms with Crippen LogP contribution < -0.4 is 14.2 Å². The first-order valence-electron chi connectivity index (χ1n) is 7.64. The summed E-state index contributed by atoms with van der Waals surface area (Å²) in [6.45, 7) is 4.37. The lowest BCUT2D eigenvalue weighted by atomic mass is 9.89. The molecule has 0 radical (unpaired) electrons. The Kier molecular flexibility index (Phi) is 5.34. The summed E-state index contributed by atoms with van der Waals surface area (Å²) >= 11 is 0. The first kappa shape index (κ1) is 16.0. The molecule has 1 heterocycles. The zero-order valence-electron chi connectivity index (χ0n) is 13.6. The molecule has 0 aliphatic carbocycles. The molecular weight excluding hydrogens is 268 g/mol. The summed E-state index contributed by atoms with van der Waals surface area (Å²) in [6.07, 6.45) is 3.98. The van der Waals surface area contributed by atoms with Crippen LogP contribution in [-0.2, 0) is 4.74 Å². The first-order valence-corrected chi connectivity index (χ1v) is 7.64. The third kappa shape index (κ3) is 3.26. The topological polar surface area (TPSA) is 40.2 Å². The van der Waals surface area contributed by atoms with Crippen LogP contribution in [0.3, 0.4) is 0 Å². The Morgan fingerprint density at radius 1 is 1.00 bits per heavy atom. The summed E-state index contributed by atoms with van der Waals surface area (Å²) in [6, 6.07) is 4.03. The van der Waals surface area contributed by atoms with Crippen molar-refractivity contribution in [1.82, 2.24) is 0 Å². The lowest BCUT2D eigenvalue weighted by Crippen LogP contribution is -2.07. The Balaban J connectivity index is 2.28. The van der Waals surface area contributed by atoms with Crippen molar-refractivity contribution in [2.75, 3.05) is 21.3 Å². The molecule has 1 aliphatic heterocycles. The van der Waals surface area contributed by atoms with Crippen LogP contribution in [0.25, 0.3) is 0 Å². The maximum absolute atomic E-state index is 5.70. The summed E-state index contributed by atoms with van der Waals surface area (Å²) in [4.78, 5) is 0. The molecule has 1 aliphatic rings. The molecular formula is C17H26O4. The Morgan fingerprint density at radius 2 is 1.71 bits per heavy atom. The molecule has 0 bridgehead atoms. The molecule has 3 atom stereocenters. The van der Waals surface area contributed by atoms with Crippen molar-refractivity contribution in [2.45, 2.75) is 51.2 Å². The number of epoxide rings is 1. The molecule has 1 aromatic rings. The smallest absolute Gasteiger partial charge is 0.203 e. The fraction of sp³-hybridized carbons (Fsp3) is 0.647. The van der Waals surface area contributed by atoms with Gasteiger partial charge in [0.25, 0.3) is 0 Å². The van der Waals surface area contributed by atoms with Gasteiger partial charge in [-0.25, -0.2) is 0 Å². The minimum Gasteiger partial charge on any atom is -0.493 e. The van der Waals surface area contributed by atoms with E-state index < -0.39 is 0 Å². The van der Waals surface area contributed by atoms with Crippen molar-refractivity contribution >= 4 is 0 Å².